The van der Waals surface area contributed by atoms with Gasteiger partial charge in [0, 0.05) is 19.2 Å². The molecule has 0 aliphatic carbocycles. The number of hydrogen-bond acceptors (Lipinski definition) is 4. The maximum atomic E-state index is 11.4. The monoisotopic (exact) mass is 198 g/mol. The second kappa shape index (κ2) is 2.81. The molecular weight excluding hydrogens is 192 g/mol. The predicted molar refractivity (Wildman–Crippen MR) is 46.9 cm³/mol. The summed E-state index contributed by atoms with van der Waals surface area (Å²) in [4.78, 5) is 23.2. The van der Waals surface area contributed by atoms with Gasteiger partial charge in [-0.3, -0.25) is 14.9 Å². The summed E-state index contributed by atoms with van der Waals surface area (Å²) in [6, 6.07) is 1.36. The number of nitro groups is 1. The molecular formula is C7H6N2O3S. The highest BCUT2D eigenvalue weighted by Crippen LogP contribution is 2.27. The van der Waals surface area contributed by atoms with Gasteiger partial charge in [-0.25, -0.2) is 0 Å². The smallest absolute Gasteiger partial charge is 0.292 e. The Morgan fingerprint density at radius 2 is 2.31 bits per heavy atom. The zero-order valence-corrected chi connectivity index (χ0v) is 7.41. The molecule has 0 N–H and O–H groups in total. The van der Waals surface area contributed by atoms with Crippen molar-refractivity contribution in [2.45, 2.75) is 0 Å². The van der Waals surface area contributed by atoms with Crippen LogP contribution in [0.5, 0.6) is 0 Å². The third-order valence-electron chi connectivity index (χ3n) is 1.77. The molecule has 2 rings (SSSR count). The summed E-state index contributed by atoms with van der Waals surface area (Å²) in [6.45, 7) is 1.43. The van der Waals surface area contributed by atoms with Crippen molar-refractivity contribution in [1.29, 1.82) is 0 Å². The number of carbonyl (C=O) groups excluding carboxylic acids is 1. The molecule has 2 heterocycles. The van der Waals surface area contributed by atoms with E-state index in [0.29, 0.717) is 13.1 Å². The van der Waals surface area contributed by atoms with Gasteiger partial charge in [0.25, 0.3) is 11.6 Å². The van der Waals surface area contributed by atoms with Gasteiger partial charge in [-0.15, -0.1) is 11.3 Å². The molecule has 6 heteroatoms. The number of nitrogens with zero attached hydrogens (tertiary/aromatic N) is 2. The van der Waals surface area contributed by atoms with Crippen molar-refractivity contribution in [1.82, 2.24) is 4.90 Å². The third kappa shape index (κ3) is 1.40. The highest BCUT2D eigenvalue weighted by atomic mass is 32.1. The molecule has 1 saturated heterocycles. The largest absolute Gasteiger partial charge is 0.334 e. The molecule has 0 bridgehead atoms. The van der Waals surface area contributed by atoms with Gasteiger partial charge in [0.1, 0.15) is 0 Å². The predicted octanol–water partition coefficient (Wildman–Crippen LogP) is 1.11. The Morgan fingerprint density at radius 3 is 2.85 bits per heavy atom. The zero-order valence-electron chi connectivity index (χ0n) is 6.60. The van der Waals surface area contributed by atoms with Crippen molar-refractivity contribution in [2.75, 3.05) is 13.1 Å². The topological polar surface area (TPSA) is 63.2 Å². The number of thiophene rings is 1. The van der Waals surface area contributed by atoms with Crippen LogP contribution in [-0.4, -0.2) is 28.8 Å². The van der Waals surface area contributed by atoms with E-state index in [9.17, 15) is 14.9 Å². The van der Waals surface area contributed by atoms with Crippen LogP contribution in [0.2, 0.25) is 0 Å². The van der Waals surface area contributed by atoms with Gasteiger partial charge in [-0.05, 0) is 5.38 Å². The van der Waals surface area contributed by atoms with Crippen molar-refractivity contribution in [3.8, 4) is 0 Å². The molecule has 13 heavy (non-hydrogen) atoms. The van der Waals surface area contributed by atoms with Crippen LogP contribution < -0.4 is 0 Å². The van der Waals surface area contributed by atoms with Crippen molar-refractivity contribution < 1.29 is 9.72 Å². The van der Waals surface area contributed by atoms with Crippen LogP contribution in [0.15, 0.2) is 11.4 Å². The molecule has 1 aliphatic rings. The van der Waals surface area contributed by atoms with Gasteiger partial charge < -0.3 is 4.90 Å². The van der Waals surface area contributed by atoms with Gasteiger partial charge in [-0.1, -0.05) is 0 Å². The Hall–Kier alpha value is -1.43. The van der Waals surface area contributed by atoms with E-state index in [-0.39, 0.29) is 16.5 Å². The number of hydrogen-bond donors (Lipinski definition) is 0. The highest BCUT2D eigenvalue weighted by Gasteiger charge is 2.31. The first-order chi connectivity index (χ1) is 6.20. The second-order valence-corrected chi connectivity index (χ2v) is 3.60. The molecule has 1 fully saturated rings. The van der Waals surface area contributed by atoms with Crippen LogP contribution >= 0.6 is 11.3 Å². The minimum atomic E-state index is -0.521. The summed E-state index contributed by atoms with van der Waals surface area (Å²) in [7, 11) is 0. The SMILES string of the molecule is O=C(c1sccc1[N+](=O)[O-])N1CC1. The van der Waals surface area contributed by atoms with E-state index in [2.05, 4.69) is 0 Å². The van der Waals surface area contributed by atoms with E-state index in [1.54, 1.807) is 10.3 Å². The molecule has 1 amide bonds. The average Bonchev–Trinajstić information content (AvgIpc) is 2.80. The fourth-order valence-corrected chi connectivity index (χ4v) is 1.83. The van der Waals surface area contributed by atoms with E-state index in [1.807, 2.05) is 0 Å². The lowest BCUT2D eigenvalue weighted by Gasteiger charge is -1.96. The van der Waals surface area contributed by atoms with Crippen molar-refractivity contribution >= 4 is 22.9 Å². The third-order valence-corrected chi connectivity index (χ3v) is 2.66. The first-order valence-electron chi connectivity index (χ1n) is 3.71. The normalized spacial score (nSPS) is 14.3. The molecule has 0 atom stereocenters. The van der Waals surface area contributed by atoms with Crippen molar-refractivity contribution in [3.05, 3.63) is 26.4 Å². The molecule has 0 spiro atoms. The maximum Gasteiger partial charge on any atom is 0.292 e. The van der Waals surface area contributed by atoms with Gasteiger partial charge in [0.2, 0.25) is 0 Å². The molecule has 68 valence electrons. The number of carbonyl (C=O) groups is 1. The summed E-state index contributed by atoms with van der Waals surface area (Å²) >= 11 is 1.12. The molecule has 0 unspecified atom stereocenters. The van der Waals surface area contributed by atoms with E-state index >= 15 is 0 Å². The Balaban J connectivity index is 2.33. The molecule has 0 radical (unpaired) electrons. The fourth-order valence-electron chi connectivity index (χ4n) is 1.00. The van der Waals surface area contributed by atoms with Crippen LogP contribution in [0.1, 0.15) is 9.67 Å². The van der Waals surface area contributed by atoms with Gasteiger partial charge in [0.15, 0.2) is 4.88 Å². The summed E-state index contributed by atoms with van der Waals surface area (Å²) in [5.41, 5.74) is -0.0816. The van der Waals surface area contributed by atoms with Crippen molar-refractivity contribution in [3.63, 3.8) is 0 Å². The minimum Gasteiger partial charge on any atom is -0.334 e. The molecule has 0 aromatic carbocycles. The highest BCUT2D eigenvalue weighted by molar-refractivity contribution is 7.12. The Bertz CT molecular complexity index is 370. The first-order valence-corrected chi connectivity index (χ1v) is 4.59. The van der Waals surface area contributed by atoms with E-state index in [1.165, 1.54) is 6.07 Å². The fraction of sp³-hybridized carbons (Fsp3) is 0.286. The van der Waals surface area contributed by atoms with E-state index < -0.39 is 4.92 Å². The minimum absolute atomic E-state index is 0.0816. The van der Waals surface area contributed by atoms with Crippen LogP contribution in [0.4, 0.5) is 5.69 Å². The molecule has 1 aromatic rings. The van der Waals surface area contributed by atoms with Crippen LogP contribution in [0, 0.1) is 10.1 Å². The Labute approximate surface area is 77.7 Å². The Morgan fingerprint density at radius 1 is 1.62 bits per heavy atom. The van der Waals surface area contributed by atoms with Gasteiger partial charge >= 0.3 is 0 Å². The first kappa shape index (κ1) is 8.18. The van der Waals surface area contributed by atoms with E-state index in [4.69, 9.17) is 0 Å². The van der Waals surface area contributed by atoms with Gasteiger partial charge in [0.05, 0.1) is 4.92 Å². The molecule has 0 saturated carbocycles. The number of amides is 1. The van der Waals surface area contributed by atoms with Crippen LogP contribution in [0.25, 0.3) is 0 Å². The number of rotatable bonds is 2. The summed E-state index contributed by atoms with van der Waals surface area (Å²) < 4.78 is 0. The van der Waals surface area contributed by atoms with Crippen LogP contribution in [-0.2, 0) is 0 Å². The lowest BCUT2D eigenvalue weighted by Crippen LogP contribution is -2.10. The molecule has 1 aromatic heterocycles. The lowest BCUT2D eigenvalue weighted by atomic mass is 10.4. The molecule has 5 nitrogen and oxygen atoms in total. The lowest BCUT2D eigenvalue weighted by molar-refractivity contribution is -0.384. The van der Waals surface area contributed by atoms with Crippen molar-refractivity contribution in [2.24, 2.45) is 0 Å². The second-order valence-electron chi connectivity index (χ2n) is 2.68. The Kier molecular flexibility index (Phi) is 1.77. The van der Waals surface area contributed by atoms with Crippen LogP contribution in [0.3, 0.4) is 0 Å². The quantitative estimate of drug-likeness (QED) is 0.406. The zero-order chi connectivity index (χ0) is 9.42. The summed E-state index contributed by atoms with van der Waals surface area (Å²) in [5.74, 6) is -0.221. The maximum absolute atomic E-state index is 11.4. The average molecular weight is 198 g/mol. The van der Waals surface area contributed by atoms with E-state index in [0.717, 1.165) is 11.3 Å². The summed E-state index contributed by atoms with van der Waals surface area (Å²) in [5, 5.41) is 12.0. The van der Waals surface area contributed by atoms with Gasteiger partial charge in [-0.2, -0.15) is 0 Å². The summed E-state index contributed by atoms with van der Waals surface area (Å²) in [6.07, 6.45) is 0. The molecule has 1 aliphatic heterocycles. The standard InChI is InChI=1S/C7H6N2O3S/c10-7(8-2-3-8)6-5(9(11)12)1-4-13-6/h1,4H,2-3H2.